The van der Waals surface area contributed by atoms with Gasteiger partial charge in [0.2, 0.25) is 0 Å². The van der Waals surface area contributed by atoms with E-state index in [1.165, 1.54) is 0 Å². The van der Waals surface area contributed by atoms with Gasteiger partial charge in [-0.1, -0.05) is 26.7 Å². The minimum absolute atomic E-state index is 0.362. The van der Waals surface area contributed by atoms with Crippen LogP contribution in [0, 0.1) is 0 Å². The zero-order valence-electron chi connectivity index (χ0n) is 11.4. The van der Waals surface area contributed by atoms with Crippen LogP contribution in [0.1, 0.15) is 52.4 Å². The van der Waals surface area contributed by atoms with Crippen LogP contribution in [-0.2, 0) is 0 Å². The maximum Gasteiger partial charge on any atom is 0.0863 e. The fourth-order valence-electron chi connectivity index (χ4n) is 1.68. The summed E-state index contributed by atoms with van der Waals surface area (Å²) in [5.41, 5.74) is 13.2. The highest BCUT2D eigenvalue weighted by Crippen LogP contribution is 2.03. The van der Waals surface area contributed by atoms with Crippen molar-refractivity contribution in [2.45, 2.75) is 52.4 Å². The largest absolute Gasteiger partial charge is 0.330 e. The molecule has 0 aromatic rings. The molecule has 0 spiro atoms. The first kappa shape index (κ1) is 16.3. The first-order valence-electron chi connectivity index (χ1n) is 6.77. The van der Waals surface area contributed by atoms with E-state index < -0.39 is 0 Å². The van der Waals surface area contributed by atoms with E-state index in [2.05, 4.69) is 23.8 Å². The third kappa shape index (κ3) is 8.05. The van der Waals surface area contributed by atoms with E-state index >= 15 is 0 Å². The molecule has 0 atom stereocenters. The minimum atomic E-state index is 0.362. The number of unbranched alkanes of at least 4 members (excludes halogenated alkanes) is 1. The zero-order valence-corrected chi connectivity index (χ0v) is 11.4. The molecule has 4 heteroatoms. The molecular formula is C13H28N4. The molecule has 0 saturated carbocycles. The fraction of sp³-hybridized carbons (Fsp3) is 0.846. The van der Waals surface area contributed by atoms with Crippen molar-refractivity contribution >= 4 is 11.4 Å². The van der Waals surface area contributed by atoms with E-state index in [1.807, 2.05) is 0 Å². The van der Waals surface area contributed by atoms with Crippen molar-refractivity contribution in [3.8, 4) is 0 Å². The molecule has 0 aromatic heterocycles. The summed E-state index contributed by atoms with van der Waals surface area (Å²) in [5.74, 6) is 0. The number of hydrogen-bond acceptors (Lipinski definition) is 4. The Bertz CT molecular complexity index is 234. The first-order chi connectivity index (χ1) is 8.29. The van der Waals surface area contributed by atoms with Gasteiger partial charge in [0.15, 0.2) is 0 Å². The Hall–Kier alpha value is -0.740. The molecule has 0 bridgehead atoms. The molecule has 17 heavy (non-hydrogen) atoms. The Morgan fingerprint density at radius 1 is 0.882 bits per heavy atom. The van der Waals surface area contributed by atoms with E-state index in [0.29, 0.717) is 6.67 Å². The van der Waals surface area contributed by atoms with Crippen LogP contribution in [0.2, 0.25) is 0 Å². The highest BCUT2D eigenvalue weighted by molar-refractivity contribution is 6.42. The first-order valence-corrected chi connectivity index (χ1v) is 6.77. The number of rotatable bonds is 10. The lowest BCUT2D eigenvalue weighted by atomic mass is 10.1. The third-order valence-electron chi connectivity index (χ3n) is 2.50. The summed E-state index contributed by atoms with van der Waals surface area (Å²) in [6, 6.07) is 0. The SMILES string of the molecule is CCCC(=N\CN)/C(CCC)=N/CCCCN. The summed E-state index contributed by atoms with van der Waals surface area (Å²) in [6.07, 6.45) is 6.27. The van der Waals surface area contributed by atoms with Gasteiger partial charge in [-0.2, -0.15) is 0 Å². The van der Waals surface area contributed by atoms with Crippen LogP contribution < -0.4 is 11.5 Å². The second-order valence-electron chi connectivity index (χ2n) is 4.11. The van der Waals surface area contributed by atoms with Crippen LogP contribution in [0.15, 0.2) is 9.98 Å². The summed E-state index contributed by atoms with van der Waals surface area (Å²) in [4.78, 5) is 9.03. The monoisotopic (exact) mass is 240 g/mol. The number of hydrogen-bond donors (Lipinski definition) is 2. The minimum Gasteiger partial charge on any atom is -0.330 e. The van der Waals surface area contributed by atoms with Crippen molar-refractivity contribution in [2.24, 2.45) is 21.5 Å². The van der Waals surface area contributed by atoms with E-state index in [9.17, 15) is 0 Å². The van der Waals surface area contributed by atoms with Crippen molar-refractivity contribution in [3.05, 3.63) is 0 Å². The smallest absolute Gasteiger partial charge is 0.0863 e. The Morgan fingerprint density at radius 3 is 1.94 bits per heavy atom. The van der Waals surface area contributed by atoms with Gasteiger partial charge < -0.3 is 11.5 Å². The summed E-state index contributed by atoms with van der Waals surface area (Å²) >= 11 is 0. The molecule has 0 aliphatic heterocycles. The molecule has 4 N–H and O–H groups in total. The fourth-order valence-corrected chi connectivity index (χ4v) is 1.68. The molecule has 4 nitrogen and oxygen atoms in total. The van der Waals surface area contributed by atoms with E-state index in [0.717, 1.165) is 63.0 Å². The predicted molar refractivity (Wildman–Crippen MR) is 76.9 cm³/mol. The third-order valence-corrected chi connectivity index (χ3v) is 2.50. The molecule has 0 amide bonds. The molecule has 0 saturated heterocycles. The predicted octanol–water partition coefficient (Wildman–Crippen LogP) is 2.12. The standard InChI is InChI=1S/C13H28N4/c1-3-7-12(16-10-6-5-9-14)13(8-4-2)17-11-15/h3-11,14-15H2,1-2H3/b16-12+,17-13+. The second-order valence-corrected chi connectivity index (χ2v) is 4.11. The molecule has 0 rings (SSSR count). The lowest BCUT2D eigenvalue weighted by molar-refractivity contribution is 0.754. The number of nitrogens with zero attached hydrogens (tertiary/aromatic N) is 2. The van der Waals surface area contributed by atoms with Crippen LogP contribution >= 0.6 is 0 Å². The van der Waals surface area contributed by atoms with Gasteiger partial charge in [-0.15, -0.1) is 0 Å². The van der Waals surface area contributed by atoms with Gasteiger partial charge >= 0.3 is 0 Å². The maximum absolute atomic E-state index is 5.51. The van der Waals surface area contributed by atoms with Crippen molar-refractivity contribution < 1.29 is 0 Å². The van der Waals surface area contributed by atoms with E-state index in [-0.39, 0.29) is 0 Å². The molecule has 0 aliphatic carbocycles. The van der Waals surface area contributed by atoms with Crippen LogP contribution in [0.3, 0.4) is 0 Å². The lowest BCUT2D eigenvalue weighted by Gasteiger charge is -2.09. The Kier molecular flexibility index (Phi) is 11.2. The van der Waals surface area contributed by atoms with Crippen molar-refractivity contribution in [1.82, 2.24) is 0 Å². The Balaban J connectivity index is 4.48. The molecule has 0 aromatic carbocycles. The van der Waals surface area contributed by atoms with Gasteiger partial charge in [-0.25, -0.2) is 0 Å². The van der Waals surface area contributed by atoms with E-state index in [1.54, 1.807) is 0 Å². The molecule has 0 radical (unpaired) electrons. The average Bonchev–Trinajstić information content (AvgIpc) is 2.33. The van der Waals surface area contributed by atoms with Gasteiger partial charge in [0.05, 0.1) is 18.1 Å². The molecule has 0 unspecified atom stereocenters. The quantitative estimate of drug-likeness (QED) is 0.453. The Morgan fingerprint density at radius 2 is 1.47 bits per heavy atom. The number of aliphatic imine (C=N–C) groups is 2. The van der Waals surface area contributed by atoms with Crippen molar-refractivity contribution in [1.29, 1.82) is 0 Å². The zero-order chi connectivity index (χ0) is 12.9. The highest BCUT2D eigenvalue weighted by Gasteiger charge is 2.06. The maximum atomic E-state index is 5.51. The number of nitrogens with two attached hydrogens (primary N) is 2. The molecule has 0 fully saturated rings. The van der Waals surface area contributed by atoms with Crippen LogP contribution in [0.5, 0.6) is 0 Å². The Labute approximate surface area is 106 Å². The van der Waals surface area contributed by atoms with Gasteiger partial charge in [0, 0.05) is 6.54 Å². The van der Waals surface area contributed by atoms with Crippen LogP contribution in [0.25, 0.3) is 0 Å². The van der Waals surface area contributed by atoms with Crippen molar-refractivity contribution in [3.63, 3.8) is 0 Å². The van der Waals surface area contributed by atoms with Crippen LogP contribution in [0.4, 0.5) is 0 Å². The molecule has 0 aliphatic rings. The summed E-state index contributed by atoms with van der Waals surface area (Å²) < 4.78 is 0. The summed E-state index contributed by atoms with van der Waals surface area (Å²) in [5, 5.41) is 0. The normalized spacial score (nSPS) is 13.2. The van der Waals surface area contributed by atoms with Gasteiger partial charge in [0.1, 0.15) is 0 Å². The van der Waals surface area contributed by atoms with Gasteiger partial charge in [0.25, 0.3) is 0 Å². The van der Waals surface area contributed by atoms with E-state index in [4.69, 9.17) is 11.5 Å². The molecular weight excluding hydrogens is 212 g/mol. The van der Waals surface area contributed by atoms with Gasteiger partial charge in [-0.05, 0) is 32.2 Å². The average molecular weight is 240 g/mol. The highest BCUT2D eigenvalue weighted by atomic mass is 14.9. The van der Waals surface area contributed by atoms with Crippen molar-refractivity contribution in [2.75, 3.05) is 19.8 Å². The van der Waals surface area contributed by atoms with Crippen LogP contribution in [-0.4, -0.2) is 31.2 Å². The summed E-state index contributed by atoms with van der Waals surface area (Å²) in [7, 11) is 0. The molecule has 100 valence electrons. The van der Waals surface area contributed by atoms with Gasteiger partial charge in [-0.3, -0.25) is 9.98 Å². The summed E-state index contributed by atoms with van der Waals surface area (Å²) in [6.45, 7) is 6.30. The lowest BCUT2D eigenvalue weighted by Crippen LogP contribution is -2.17. The molecule has 0 heterocycles. The second kappa shape index (κ2) is 11.7. The topological polar surface area (TPSA) is 76.8 Å².